The highest BCUT2D eigenvalue weighted by atomic mass is 16.3. The van der Waals surface area contributed by atoms with Crippen LogP contribution in [0.5, 0.6) is 0 Å². The average Bonchev–Trinajstić information content (AvgIpc) is 2.56. The lowest BCUT2D eigenvalue weighted by Crippen LogP contribution is -2.39. The van der Waals surface area contributed by atoms with Crippen LogP contribution in [0.2, 0.25) is 0 Å². The van der Waals surface area contributed by atoms with E-state index in [2.05, 4.69) is 19.2 Å². The summed E-state index contributed by atoms with van der Waals surface area (Å²) in [6.07, 6.45) is 0.765. The molecule has 2 atom stereocenters. The molecule has 1 aromatic rings. The highest BCUT2D eigenvalue weighted by Crippen LogP contribution is 2.41. The SMILES string of the molecule is Cc1cc2c(o1)CC(C)(C)CC2NC(=O)C(C)O. The molecule has 2 unspecified atom stereocenters. The Kier molecular flexibility index (Phi) is 3.23. The molecule has 0 fully saturated rings. The molecule has 1 aliphatic rings. The normalized spacial score (nSPS) is 23.3. The van der Waals surface area contributed by atoms with Crippen LogP contribution in [0.3, 0.4) is 0 Å². The van der Waals surface area contributed by atoms with Crippen molar-refractivity contribution in [1.82, 2.24) is 5.32 Å². The molecule has 0 radical (unpaired) electrons. The number of hydrogen-bond donors (Lipinski definition) is 2. The number of nitrogens with one attached hydrogen (secondary N) is 1. The van der Waals surface area contributed by atoms with E-state index in [1.165, 1.54) is 6.92 Å². The lowest BCUT2D eigenvalue weighted by Gasteiger charge is -2.34. The van der Waals surface area contributed by atoms with Gasteiger partial charge in [0.15, 0.2) is 0 Å². The van der Waals surface area contributed by atoms with Crippen molar-refractivity contribution >= 4 is 5.91 Å². The van der Waals surface area contributed by atoms with Crippen LogP contribution in [0, 0.1) is 12.3 Å². The molecule has 1 heterocycles. The third-order valence-corrected chi connectivity index (χ3v) is 3.43. The minimum absolute atomic E-state index is 0.0664. The first kappa shape index (κ1) is 13.1. The van der Waals surface area contributed by atoms with Crippen LogP contribution in [-0.4, -0.2) is 17.1 Å². The van der Waals surface area contributed by atoms with Crippen LogP contribution in [0.1, 0.15) is 50.3 Å². The number of rotatable bonds is 2. The molecule has 2 rings (SSSR count). The first-order chi connectivity index (χ1) is 8.28. The molecule has 0 spiro atoms. The van der Waals surface area contributed by atoms with Gasteiger partial charge in [0.1, 0.15) is 17.6 Å². The van der Waals surface area contributed by atoms with Gasteiger partial charge in [0, 0.05) is 12.0 Å². The molecule has 18 heavy (non-hydrogen) atoms. The Bertz CT molecular complexity index is 460. The quantitative estimate of drug-likeness (QED) is 0.846. The van der Waals surface area contributed by atoms with E-state index in [-0.39, 0.29) is 17.4 Å². The third kappa shape index (κ3) is 2.58. The second-order valence-corrected chi connectivity index (χ2v) is 6.02. The lowest BCUT2D eigenvalue weighted by molar-refractivity contribution is -0.129. The van der Waals surface area contributed by atoms with Crippen molar-refractivity contribution in [3.05, 3.63) is 23.2 Å². The van der Waals surface area contributed by atoms with Gasteiger partial charge in [-0.1, -0.05) is 13.8 Å². The second-order valence-electron chi connectivity index (χ2n) is 6.02. The molecule has 0 saturated heterocycles. The molecule has 2 N–H and O–H groups in total. The van der Waals surface area contributed by atoms with Crippen LogP contribution in [0.4, 0.5) is 0 Å². The van der Waals surface area contributed by atoms with Gasteiger partial charge >= 0.3 is 0 Å². The Labute approximate surface area is 107 Å². The number of fused-ring (bicyclic) bond motifs is 1. The van der Waals surface area contributed by atoms with E-state index in [4.69, 9.17) is 4.42 Å². The van der Waals surface area contributed by atoms with Gasteiger partial charge in [-0.15, -0.1) is 0 Å². The van der Waals surface area contributed by atoms with Gasteiger partial charge < -0.3 is 14.8 Å². The van der Waals surface area contributed by atoms with Crippen molar-refractivity contribution in [2.75, 3.05) is 0 Å². The van der Waals surface area contributed by atoms with Crippen LogP contribution in [-0.2, 0) is 11.2 Å². The number of carbonyl (C=O) groups excluding carboxylic acids is 1. The predicted octanol–water partition coefficient (Wildman–Crippen LogP) is 2.10. The van der Waals surface area contributed by atoms with Gasteiger partial charge in [-0.2, -0.15) is 0 Å². The van der Waals surface area contributed by atoms with Crippen molar-refractivity contribution in [2.45, 2.75) is 52.7 Å². The maximum atomic E-state index is 11.6. The topological polar surface area (TPSA) is 62.5 Å². The fourth-order valence-corrected chi connectivity index (χ4v) is 2.61. The molecule has 4 heteroatoms. The van der Waals surface area contributed by atoms with E-state index < -0.39 is 6.10 Å². The van der Waals surface area contributed by atoms with E-state index in [1.807, 2.05) is 13.0 Å². The summed E-state index contributed by atoms with van der Waals surface area (Å²) in [5.41, 5.74) is 1.15. The zero-order chi connectivity index (χ0) is 13.5. The van der Waals surface area contributed by atoms with Gasteiger partial charge in [0.05, 0.1) is 6.04 Å². The predicted molar refractivity (Wildman–Crippen MR) is 68.1 cm³/mol. The van der Waals surface area contributed by atoms with Gasteiger partial charge in [-0.05, 0) is 31.7 Å². The fraction of sp³-hybridized carbons (Fsp3) is 0.643. The van der Waals surface area contributed by atoms with Gasteiger partial charge in [-0.3, -0.25) is 4.79 Å². The summed E-state index contributed by atoms with van der Waals surface area (Å²) in [7, 11) is 0. The molecule has 1 amide bonds. The minimum atomic E-state index is -0.980. The summed E-state index contributed by atoms with van der Waals surface area (Å²) >= 11 is 0. The van der Waals surface area contributed by atoms with Crippen molar-refractivity contribution < 1.29 is 14.3 Å². The number of carbonyl (C=O) groups is 1. The second kappa shape index (κ2) is 4.43. The van der Waals surface area contributed by atoms with E-state index in [0.717, 1.165) is 29.9 Å². The molecular weight excluding hydrogens is 230 g/mol. The first-order valence-corrected chi connectivity index (χ1v) is 6.36. The first-order valence-electron chi connectivity index (χ1n) is 6.36. The molecule has 100 valence electrons. The van der Waals surface area contributed by atoms with Crippen molar-refractivity contribution in [2.24, 2.45) is 5.41 Å². The zero-order valence-corrected chi connectivity index (χ0v) is 11.4. The molecular formula is C14H21NO3. The Balaban J connectivity index is 2.27. The zero-order valence-electron chi connectivity index (χ0n) is 11.4. The van der Waals surface area contributed by atoms with Crippen LogP contribution in [0.15, 0.2) is 10.5 Å². The van der Waals surface area contributed by atoms with Crippen molar-refractivity contribution in [1.29, 1.82) is 0 Å². The highest BCUT2D eigenvalue weighted by Gasteiger charge is 2.35. The van der Waals surface area contributed by atoms with E-state index in [0.29, 0.717) is 0 Å². The molecule has 0 aromatic carbocycles. The number of amides is 1. The minimum Gasteiger partial charge on any atom is -0.466 e. The van der Waals surface area contributed by atoms with Gasteiger partial charge in [0.2, 0.25) is 5.91 Å². The Morgan fingerprint density at radius 1 is 1.61 bits per heavy atom. The Morgan fingerprint density at radius 3 is 2.89 bits per heavy atom. The molecule has 0 saturated carbocycles. The monoisotopic (exact) mass is 251 g/mol. The van der Waals surface area contributed by atoms with Crippen LogP contribution >= 0.6 is 0 Å². The third-order valence-electron chi connectivity index (χ3n) is 3.43. The van der Waals surface area contributed by atoms with E-state index in [9.17, 15) is 9.90 Å². The largest absolute Gasteiger partial charge is 0.466 e. The molecule has 1 aromatic heterocycles. The van der Waals surface area contributed by atoms with Crippen molar-refractivity contribution in [3.8, 4) is 0 Å². The summed E-state index contributed by atoms with van der Waals surface area (Å²) in [5, 5.41) is 12.2. The lowest BCUT2D eigenvalue weighted by atomic mass is 9.74. The number of hydrogen-bond acceptors (Lipinski definition) is 3. The maximum absolute atomic E-state index is 11.6. The smallest absolute Gasteiger partial charge is 0.249 e. The molecule has 0 bridgehead atoms. The summed E-state index contributed by atoms with van der Waals surface area (Å²) in [5.74, 6) is 1.50. The number of furan rings is 1. The van der Waals surface area contributed by atoms with Gasteiger partial charge in [-0.25, -0.2) is 0 Å². The standard InChI is InChI=1S/C14H21NO3/c1-8-5-10-11(15-13(17)9(2)16)6-14(3,4)7-12(10)18-8/h5,9,11,16H,6-7H2,1-4H3,(H,15,17). The Morgan fingerprint density at radius 2 is 2.28 bits per heavy atom. The summed E-state index contributed by atoms with van der Waals surface area (Å²) in [6.45, 7) is 7.72. The molecule has 4 nitrogen and oxygen atoms in total. The average molecular weight is 251 g/mol. The highest BCUT2D eigenvalue weighted by molar-refractivity contribution is 5.80. The molecule has 1 aliphatic carbocycles. The summed E-state index contributed by atoms with van der Waals surface area (Å²) in [6, 6.07) is 1.92. The number of aryl methyl sites for hydroxylation is 1. The Hall–Kier alpha value is -1.29. The van der Waals surface area contributed by atoms with E-state index in [1.54, 1.807) is 0 Å². The van der Waals surface area contributed by atoms with Crippen LogP contribution < -0.4 is 5.32 Å². The van der Waals surface area contributed by atoms with Crippen molar-refractivity contribution in [3.63, 3.8) is 0 Å². The number of aliphatic hydroxyl groups is 1. The van der Waals surface area contributed by atoms with Crippen LogP contribution in [0.25, 0.3) is 0 Å². The summed E-state index contributed by atoms with van der Waals surface area (Å²) in [4.78, 5) is 11.6. The van der Waals surface area contributed by atoms with Gasteiger partial charge in [0.25, 0.3) is 0 Å². The molecule has 0 aliphatic heterocycles. The number of aliphatic hydroxyl groups excluding tert-OH is 1. The van der Waals surface area contributed by atoms with E-state index >= 15 is 0 Å². The summed E-state index contributed by atoms with van der Waals surface area (Å²) < 4.78 is 5.70. The maximum Gasteiger partial charge on any atom is 0.249 e. The fourth-order valence-electron chi connectivity index (χ4n) is 2.61.